The van der Waals surface area contributed by atoms with Crippen LogP contribution in [0.25, 0.3) is 0 Å². The molecule has 0 aromatic heterocycles. The van der Waals surface area contributed by atoms with Gasteiger partial charge in [0.05, 0.1) is 0 Å². The Morgan fingerprint density at radius 3 is 2.62 bits per heavy atom. The zero-order chi connectivity index (χ0) is 11.6. The number of carbonyl (C=O) groups is 1. The van der Waals surface area contributed by atoms with Crippen molar-refractivity contribution in [2.24, 2.45) is 0 Å². The molecule has 1 N–H and O–H groups in total. The van der Waals surface area contributed by atoms with Gasteiger partial charge in [-0.2, -0.15) is 0 Å². The number of rotatable bonds is 3. The molecular formula is C13H17NO2. The molecule has 1 aliphatic heterocycles. The lowest BCUT2D eigenvalue weighted by molar-refractivity contribution is -0.147. The molecule has 0 bridgehead atoms. The van der Waals surface area contributed by atoms with Crippen molar-refractivity contribution >= 4 is 5.97 Å². The van der Waals surface area contributed by atoms with Gasteiger partial charge in [0.15, 0.2) is 0 Å². The number of carbonyl (C=O) groups excluding carboxylic acids is 1. The number of benzene rings is 1. The molecule has 3 heteroatoms. The molecule has 1 aliphatic rings. The molecule has 1 aromatic carbocycles. The van der Waals surface area contributed by atoms with Crippen molar-refractivity contribution in [2.45, 2.75) is 38.5 Å². The van der Waals surface area contributed by atoms with Crippen LogP contribution in [0.1, 0.15) is 25.8 Å². The average Bonchev–Trinajstić information content (AvgIpc) is 2.50. The van der Waals surface area contributed by atoms with Crippen LogP contribution < -0.4 is 5.32 Å². The zero-order valence-electron chi connectivity index (χ0n) is 9.69. The van der Waals surface area contributed by atoms with Gasteiger partial charge in [-0.1, -0.05) is 30.3 Å². The van der Waals surface area contributed by atoms with Crippen LogP contribution in [0.3, 0.4) is 0 Å². The van der Waals surface area contributed by atoms with Crippen molar-refractivity contribution in [1.82, 2.24) is 5.32 Å². The SMILES string of the molecule is CC1(C)CC(NCc2ccccc2)C(=O)O1. The minimum atomic E-state index is -0.328. The maximum atomic E-state index is 11.5. The van der Waals surface area contributed by atoms with E-state index < -0.39 is 0 Å². The molecule has 1 atom stereocenters. The molecule has 0 aliphatic carbocycles. The summed E-state index contributed by atoms with van der Waals surface area (Å²) >= 11 is 0. The fourth-order valence-electron chi connectivity index (χ4n) is 1.95. The van der Waals surface area contributed by atoms with Crippen molar-refractivity contribution in [3.05, 3.63) is 35.9 Å². The van der Waals surface area contributed by atoms with Crippen molar-refractivity contribution < 1.29 is 9.53 Å². The molecule has 2 rings (SSSR count). The number of esters is 1. The molecule has 1 heterocycles. The van der Waals surface area contributed by atoms with E-state index in [2.05, 4.69) is 5.32 Å². The molecule has 1 saturated heterocycles. The minimum Gasteiger partial charge on any atom is -0.458 e. The molecule has 1 aromatic rings. The number of hydrogen-bond acceptors (Lipinski definition) is 3. The van der Waals surface area contributed by atoms with Crippen LogP contribution >= 0.6 is 0 Å². The lowest BCUT2D eigenvalue weighted by atomic mass is 10.0. The summed E-state index contributed by atoms with van der Waals surface area (Å²) < 4.78 is 5.25. The van der Waals surface area contributed by atoms with Gasteiger partial charge in [0.1, 0.15) is 11.6 Å². The van der Waals surface area contributed by atoms with E-state index in [1.54, 1.807) is 0 Å². The fraction of sp³-hybridized carbons (Fsp3) is 0.462. The Hall–Kier alpha value is -1.35. The highest BCUT2D eigenvalue weighted by molar-refractivity contribution is 5.78. The van der Waals surface area contributed by atoms with Crippen LogP contribution in [0.2, 0.25) is 0 Å². The number of hydrogen-bond donors (Lipinski definition) is 1. The van der Waals surface area contributed by atoms with E-state index in [4.69, 9.17) is 4.74 Å². The first-order valence-corrected chi connectivity index (χ1v) is 5.57. The summed E-state index contributed by atoms with van der Waals surface area (Å²) in [6.07, 6.45) is 0.735. The largest absolute Gasteiger partial charge is 0.458 e. The van der Waals surface area contributed by atoms with Gasteiger partial charge < -0.3 is 10.1 Å². The van der Waals surface area contributed by atoms with Crippen LogP contribution in [-0.4, -0.2) is 17.6 Å². The van der Waals surface area contributed by atoms with Crippen molar-refractivity contribution in [2.75, 3.05) is 0 Å². The maximum Gasteiger partial charge on any atom is 0.323 e. The summed E-state index contributed by atoms with van der Waals surface area (Å²) in [5.41, 5.74) is 0.853. The summed E-state index contributed by atoms with van der Waals surface area (Å²) in [5, 5.41) is 3.23. The van der Waals surface area contributed by atoms with Gasteiger partial charge in [0.25, 0.3) is 0 Å². The predicted molar refractivity (Wildman–Crippen MR) is 61.9 cm³/mol. The van der Waals surface area contributed by atoms with E-state index in [1.807, 2.05) is 44.2 Å². The smallest absolute Gasteiger partial charge is 0.323 e. The predicted octanol–water partition coefficient (Wildman–Crippen LogP) is 1.87. The third-order valence-corrected chi connectivity index (χ3v) is 2.75. The monoisotopic (exact) mass is 219 g/mol. The van der Waals surface area contributed by atoms with Crippen molar-refractivity contribution in [1.29, 1.82) is 0 Å². The third-order valence-electron chi connectivity index (χ3n) is 2.75. The quantitative estimate of drug-likeness (QED) is 0.789. The number of cyclic esters (lactones) is 1. The minimum absolute atomic E-state index is 0.138. The molecule has 86 valence electrons. The maximum absolute atomic E-state index is 11.5. The molecule has 0 saturated carbocycles. The molecule has 1 unspecified atom stereocenters. The second kappa shape index (κ2) is 4.26. The number of nitrogens with one attached hydrogen (secondary N) is 1. The van der Waals surface area contributed by atoms with E-state index in [-0.39, 0.29) is 17.6 Å². The van der Waals surface area contributed by atoms with E-state index >= 15 is 0 Å². The summed E-state index contributed by atoms with van der Waals surface area (Å²) in [4.78, 5) is 11.5. The lowest BCUT2D eigenvalue weighted by Crippen LogP contribution is -2.32. The second-order valence-electron chi connectivity index (χ2n) is 4.80. The van der Waals surface area contributed by atoms with Crippen LogP contribution in [0.4, 0.5) is 0 Å². The Kier molecular flexibility index (Phi) is 2.97. The van der Waals surface area contributed by atoms with E-state index in [0.717, 1.165) is 6.42 Å². The first-order valence-electron chi connectivity index (χ1n) is 5.57. The molecule has 3 nitrogen and oxygen atoms in total. The molecule has 0 spiro atoms. The number of ether oxygens (including phenoxy) is 1. The van der Waals surface area contributed by atoms with Gasteiger partial charge in [-0.3, -0.25) is 4.79 Å². The van der Waals surface area contributed by atoms with E-state index in [9.17, 15) is 4.79 Å². The molecular weight excluding hydrogens is 202 g/mol. The van der Waals surface area contributed by atoms with Gasteiger partial charge in [0, 0.05) is 13.0 Å². The van der Waals surface area contributed by atoms with E-state index in [1.165, 1.54) is 5.56 Å². The normalized spacial score (nSPS) is 23.1. The Morgan fingerprint density at radius 2 is 2.06 bits per heavy atom. The van der Waals surface area contributed by atoms with Gasteiger partial charge in [-0.25, -0.2) is 0 Å². The van der Waals surface area contributed by atoms with Gasteiger partial charge in [-0.15, -0.1) is 0 Å². The zero-order valence-corrected chi connectivity index (χ0v) is 9.69. The third kappa shape index (κ3) is 2.61. The standard InChI is InChI=1S/C13H17NO2/c1-13(2)8-11(12(15)16-13)14-9-10-6-4-3-5-7-10/h3-7,11,14H,8-9H2,1-2H3. The van der Waals surface area contributed by atoms with Crippen LogP contribution in [0.5, 0.6) is 0 Å². The summed E-state index contributed by atoms with van der Waals surface area (Å²) in [6, 6.07) is 9.88. The van der Waals surface area contributed by atoms with Gasteiger partial charge >= 0.3 is 5.97 Å². The highest BCUT2D eigenvalue weighted by Gasteiger charge is 2.39. The van der Waals surface area contributed by atoms with Crippen molar-refractivity contribution in [3.63, 3.8) is 0 Å². The second-order valence-corrected chi connectivity index (χ2v) is 4.80. The Bertz CT molecular complexity index is 373. The topological polar surface area (TPSA) is 38.3 Å². The van der Waals surface area contributed by atoms with E-state index in [0.29, 0.717) is 6.54 Å². The van der Waals surface area contributed by atoms with Gasteiger partial charge in [0.2, 0.25) is 0 Å². The highest BCUT2D eigenvalue weighted by Crippen LogP contribution is 2.25. The van der Waals surface area contributed by atoms with Crippen LogP contribution in [0.15, 0.2) is 30.3 Å². The fourth-order valence-corrected chi connectivity index (χ4v) is 1.95. The first-order chi connectivity index (χ1) is 7.57. The summed E-state index contributed by atoms with van der Waals surface area (Å²) in [7, 11) is 0. The lowest BCUT2D eigenvalue weighted by Gasteiger charge is -2.14. The average molecular weight is 219 g/mol. The summed E-state index contributed by atoms with van der Waals surface area (Å²) in [5.74, 6) is -0.138. The molecule has 0 radical (unpaired) electrons. The highest BCUT2D eigenvalue weighted by atomic mass is 16.6. The van der Waals surface area contributed by atoms with Gasteiger partial charge in [-0.05, 0) is 19.4 Å². The Labute approximate surface area is 95.8 Å². The molecule has 16 heavy (non-hydrogen) atoms. The summed E-state index contributed by atoms with van der Waals surface area (Å²) in [6.45, 7) is 4.58. The Balaban J connectivity index is 1.90. The molecule has 0 amide bonds. The van der Waals surface area contributed by atoms with Crippen LogP contribution in [0, 0.1) is 0 Å². The molecule has 1 fully saturated rings. The Morgan fingerprint density at radius 1 is 1.38 bits per heavy atom. The van der Waals surface area contributed by atoms with Crippen molar-refractivity contribution in [3.8, 4) is 0 Å². The van der Waals surface area contributed by atoms with Crippen LogP contribution in [-0.2, 0) is 16.1 Å². The first kappa shape index (κ1) is 11.1.